The van der Waals surface area contributed by atoms with Crippen LogP contribution in [0.2, 0.25) is 5.02 Å². The second kappa shape index (κ2) is 6.36. The van der Waals surface area contributed by atoms with Crippen LogP contribution < -0.4 is 0 Å². The van der Waals surface area contributed by atoms with Crippen molar-refractivity contribution in [1.82, 2.24) is 4.90 Å². The monoisotopic (exact) mass is 268 g/mol. The molecule has 18 heavy (non-hydrogen) atoms. The minimum absolute atomic E-state index is 0.0971. The fraction of sp³-hybridized carbons (Fsp3) is 0.385. The van der Waals surface area contributed by atoms with Crippen molar-refractivity contribution in [2.45, 2.75) is 13.3 Å². The molecule has 1 aromatic rings. The third-order valence-electron chi connectivity index (χ3n) is 2.58. The van der Waals surface area contributed by atoms with Crippen LogP contribution in [0.5, 0.6) is 0 Å². The molecule has 1 rings (SSSR count). The van der Waals surface area contributed by atoms with Crippen molar-refractivity contribution in [3.8, 4) is 6.07 Å². The van der Waals surface area contributed by atoms with Crippen molar-refractivity contribution in [1.29, 1.82) is 5.26 Å². The summed E-state index contributed by atoms with van der Waals surface area (Å²) >= 11 is 5.85. The summed E-state index contributed by atoms with van der Waals surface area (Å²) in [6.45, 7) is 2.04. The molecule has 0 fully saturated rings. The lowest BCUT2D eigenvalue weighted by molar-refractivity contribution is -0.129. The molecule has 1 atom stereocenters. The zero-order valence-corrected chi connectivity index (χ0v) is 11.0. The van der Waals surface area contributed by atoms with Gasteiger partial charge in [-0.3, -0.25) is 4.79 Å². The van der Waals surface area contributed by atoms with E-state index in [1.807, 2.05) is 6.07 Å². The van der Waals surface area contributed by atoms with Crippen molar-refractivity contribution >= 4 is 17.5 Å². The van der Waals surface area contributed by atoms with E-state index in [4.69, 9.17) is 16.9 Å². The molecule has 0 N–H and O–H groups in total. The van der Waals surface area contributed by atoms with Gasteiger partial charge in [0.15, 0.2) is 0 Å². The Balaban J connectivity index is 2.73. The Kier molecular flexibility index (Phi) is 5.11. The van der Waals surface area contributed by atoms with Gasteiger partial charge in [0.05, 0.1) is 18.4 Å². The Bertz CT molecular complexity index is 464. The van der Waals surface area contributed by atoms with Crippen LogP contribution in [0.4, 0.5) is 4.39 Å². The van der Waals surface area contributed by atoms with E-state index in [0.29, 0.717) is 6.54 Å². The average Bonchev–Trinajstić information content (AvgIpc) is 2.33. The first kappa shape index (κ1) is 14.5. The molecule has 0 saturated carbocycles. The number of benzene rings is 1. The van der Waals surface area contributed by atoms with E-state index in [1.54, 1.807) is 20.0 Å². The zero-order valence-electron chi connectivity index (χ0n) is 10.3. The summed E-state index contributed by atoms with van der Waals surface area (Å²) in [4.78, 5) is 13.3. The van der Waals surface area contributed by atoms with E-state index in [0.717, 1.165) is 0 Å². The van der Waals surface area contributed by atoms with Gasteiger partial charge in [0.2, 0.25) is 5.91 Å². The van der Waals surface area contributed by atoms with Gasteiger partial charge in [-0.2, -0.15) is 5.26 Å². The molecule has 96 valence electrons. The third kappa shape index (κ3) is 3.71. The molecular weight excluding hydrogens is 255 g/mol. The smallest absolute Gasteiger partial charge is 0.226 e. The lowest BCUT2D eigenvalue weighted by Crippen LogP contribution is -2.32. The molecule has 1 amide bonds. The Morgan fingerprint density at radius 3 is 2.83 bits per heavy atom. The van der Waals surface area contributed by atoms with Gasteiger partial charge in [-0.05, 0) is 19.1 Å². The molecule has 0 saturated heterocycles. The quantitative estimate of drug-likeness (QED) is 0.843. The van der Waals surface area contributed by atoms with Gasteiger partial charge in [-0.15, -0.1) is 0 Å². The predicted octanol–water partition coefficient (Wildman–Crippen LogP) is 2.64. The second-order valence-electron chi connectivity index (χ2n) is 4.18. The van der Waals surface area contributed by atoms with Crippen LogP contribution in [0.3, 0.4) is 0 Å². The van der Waals surface area contributed by atoms with Crippen LogP contribution in [-0.4, -0.2) is 24.4 Å². The topological polar surface area (TPSA) is 44.1 Å². The van der Waals surface area contributed by atoms with Crippen LogP contribution in [0, 0.1) is 23.1 Å². The Hall–Kier alpha value is -1.60. The first-order valence-corrected chi connectivity index (χ1v) is 5.90. The zero-order chi connectivity index (χ0) is 13.7. The van der Waals surface area contributed by atoms with Gasteiger partial charge in [0, 0.05) is 24.2 Å². The number of halogens is 2. The van der Waals surface area contributed by atoms with Crippen LogP contribution >= 0.6 is 11.6 Å². The molecule has 0 aliphatic carbocycles. The largest absolute Gasteiger partial charge is 0.344 e. The van der Waals surface area contributed by atoms with E-state index >= 15 is 0 Å². The molecule has 0 aromatic heterocycles. The number of carbonyl (C=O) groups excluding carboxylic acids is 1. The summed E-state index contributed by atoms with van der Waals surface area (Å²) in [6, 6.07) is 6.35. The Labute approximate surface area is 111 Å². The van der Waals surface area contributed by atoms with E-state index in [2.05, 4.69) is 0 Å². The predicted molar refractivity (Wildman–Crippen MR) is 67.5 cm³/mol. The lowest BCUT2D eigenvalue weighted by Gasteiger charge is -2.18. The second-order valence-corrected chi connectivity index (χ2v) is 4.59. The maximum absolute atomic E-state index is 13.5. The fourth-order valence-electron chi connectivity index (χ4n) is 1.54. The van der Waals surface area contributed by atoms with Crippen LogP contribution in [-0.2, 0) is 11.2 Å². The summed E-state index contributed by atoms with van der Waals surface area (Å²) in [6.07, 6.45) is -0.0971. The fourth-order valence-corrected chi connectivity index (χ4v) is 1.77. The van der Waals surface area contributed by atoms with Crippen LogP contribution in [0.1, 0.15) is 12.5 Å². The summed E-state index contributed by atoms with van der Waals surface area (Å²) in [5.41, 5.74) is 0.195. The van der Waals surface area contributed by atoms with Crippen LogP contribution in [0.15, 0.2) is 18.2 Å². The number of hydrogen-bond donors (Lipinski definition) is 0. The highest BCUT2D eigenvalue weighted by Crippen LogP contribution is 2.20. The summed E-state index contributed by atoms with van der Waals surface area (Å²) in [5.74, 6) is -1.00. The van der Waals surface area contributed by atoms with Gasteiger partial charge < -0.3 is 4.90 Å². The third-order valence-corrected chi connectivity index (χ3v) is 2.94. The van der Waals surface area contributed by atoms with Gasteiger partial charge in [-0.25, -0.2) is 4.39 Å². The number of amides is 1. The van der Waals surface area contributed by atoms with E-state index in [9.17, 15) is 9.18 Å². The lowest BCUT2D eigenvalue weighted by atomic mass is 10.1. The number of rotatable bonds is 4. The molecule has 1 unspecified atom stereocenters. The molecule has 0 aliphatic rings. The number of carbonyl (C=O) groups is 1. The maximum Gasteiger partial charge on any atom is 0.226 e. The molecule has 1 aromatic carbocycles. The van der Waals surface area contributed by atoms with Crippen molar-refractivity contribution in [2.24, 2.45) is 5.92 Å². The molecule has 5 heteroatoms. The summed E-state index contributed by atoms with van der Waals surface area (Å²) in [7, 11) is 1.59. The highest BCUT2D eigenvalue weighted by molar-refractivity contribution is 6.31. The van der Waals surface area contributed by atoms with E-state index in [-0.39, 0.29) is 28.8 Å². The van der Waals surface area contributed by atoms with Crippen molar-refractivity contribution in [3.63, 3.8) is 0 Å². The van der Waals surface area contributed by atoms with Crippen molar-refractivity contribution < 1.29 is 9.18 Å². The molecule has 0 radical (unpaired) electrons. The van der Waals surface area contributed by atoms with Gasteiger partial charge in [-0.1, -0.05) is 17.7 Å². The molecule has 0 spiro atoms. The Morgan fingerprint density at radius 2 is 2.28 bits per heavy atom. The molecule has 0 heterocycles. The first-order chi connectivity index (χ1) is 8.45. The summed E-state index contributed by atoms with van der Waals surface area (Å²) in [5, 5.41) is 8.92. The maximum atomic E-state index is 13.5. The van der Waals surface area contributed by atoms with E-state index in [1.165, 1.54) is 17.0 Å². The van der Waals surface area contributed by atoms with Crippen molar-refractivity contribution in [2.75, 3.05) is 13.6 Å². The van der Waals surface area contributed by atoms with Gasteiger partial charge in [0.1, 0.15) is 5.82 Å². The van der Waals surface area contributed by atoms with Crippen molar-refractivity contribution in [3.05, 3.63) is 34.6 Å². The van der Waals surface area contributed by atoms with Crippen LogP contribution in [0.25, 0.3) is 0 Å². The molecule has 3 nitrogen and oxygen atoms in total. The standard InChI is InChI=1S/C13H14ClFN2O/c1-9(7-16)8-17(2)13(18)6-10-11(14)4-3-5-12(10)15/h3-5,9H,6,8H2,1-2H3. The minimum Gasteiger partial charge on any atom is -0.344 e. The first-order valence-electron chi connectivity index (χ1n) is 5.52. The Morgan fingerprint density at radius 1 is 1.61 bits per heavy atom. The molecule has 0 bridgehead atoms. The van der Waals surface area contributed by atoms with Gasteiger partial charge >= 0.3 is 0 Å². The average molecular weight is 269 g/mol. The highest BCUT2D eigenvalue weighted by Gasteiger charge is 2.16. The molecule has 0 aliphatic heterocycles. The normalized spacial score (nSPS) is 11.7. The number of hydrogen-bond acceptors (Lipinski definition) is 2. The number of likely N-dealkylation sites (N-methyl/N-ethyl adjacent to an activating group) is 1. The summed E-state index contributed by atoms with van der Waals surface area (Å²) < 4.78 is 13.5. The van der Waals surface area contributed by atoms with E-state index < -0.39 is 5.82 Å². The number of nitrogens with zero attached hydrogens (tertiary/aromatic N) is 2. The SMILES string of the molecule is CC(C#N)CN(C)C(=O)Cc1c(F)cccc1Cl. The minimum atomic E-state index is -0.488. The highest BCUT2D eigenvalue weighted by atomic mass is 35.5. The number of nitriles is 1. The molecular formula is C13H14ClFN2O. The van der Waals surface area contributed by atoms with Gasteiger partial charge in [0.25, 0.3) is 0 Å².